The highest BCUT2D eigenvalue weighted by molar-refractivity contribution is 5.10. The van der Waals surface area contributed by atoms with E-state index in [4.69, 9.17) is 9.47 Å². The molecule has 0 spiro atoms. The molecule has 0 atom stereocenters. The Labute approximate surface area is 83.2 Å². The third-order valence-electron chi connectivity index (χ3n) is 2.26. The fourth-order valence-electron chi connectivity index (χ4n) is 1.38. The lowest BCUT2D eigenvalue weighted by Crippen LogP contribution is -2.40. The number of rotatable bonds is 2. The first-order valence-corrected chi connectivity index (χ1v) is 4.70. The van der Waals surface area contributed by atoms with Crippen LogP contribution >= 0.6 is 0 Å². The van der Waals surface area contributed by atoms with E-state index in [0.29, 0.717) is 19.3 Å². The maximum Gasteiger partial charge on any atom is 0.185 e. The maximum absolute atomic E-state index is 5.54. The van der Waals surface area contributed by atoms with Gasteiger partial charge in [-0.05, 0) is 13.1 Å². The quantitative estimate of drug-likeness (QED) is 0.753. The fourth-order valence-corrected chi connectivity index (χ4v) is 1.38. The molecule has 1 N–H and O–H groups in total. The standard InChI is InChI=1S/C10H14N2O2/c1-11-9-6-13-10(14-7-9)8-3-2-4-12-5-8/h2-5,9-11H,6-7H2,1H3. The van der Waals surface area contributed by atoms with Crippen LogP contribution in [0.1, 0.15) is 11.9 Å². The zero-order chi connectivity index (χ0) is 9.80. The predicted molar refractivity (Wildman–Crippen MR) is 51.7 cm³/mol. The number of hydrogen-bond acceptors (Lipinski definition) is 4. The third-order valence-corrected chi connectivity index (χ3v) is 2.26. The Balaban J connectivity index is 1.96. The van der Waals surface area contributed by atoms with Gasteiger partial charge in [0, 0.05) is 18.0 Å². The molecule has 4 heteroatoms. The van der Waals surface area contributed by atoms with Gasteiger partial charge in [0.05, 0.1) is 19.3 Å². The summed E-state index contributed by atoms with van der Waals surface area (Å²) in [6.07, 6.45) is 3.25. The molecule has 4 nitrogen and oxygen atoms in total. The van der Waals surface area contributed by atoms with Crippen LogP contribution in [-0.2, 0) is 9.47 Å². The molecule has 1 aromatic heterocycles. The zero-order valence-electron chi connectivity index (χ0n) is 8.14. The van der Waals surface area contributed by atoms with Crippen molar-refractivity contribution in [1.82, 2.24) is 10.3 Å². The van der Waals surface area contributed by atoms with Crippen molar-refractivity contribution in [3.05, 3.63) is 30.1 Å². The van der Waals surface area contributed by atoms with Gasteiger partial charge in [-0.2, -0.15) is 0 Å². The van der Waals surface area contributed by atoms with E-state index in [1.54, 1.807) is 12.4 Å². The SMILES string of the molecule is CNC1COC(c2cccnc2)OC1. The van der Waals surface area contributed by atoms with Crippen molar-refractivity contribution < 1.29 is 9.47 Å². The van der Waals surface area contributed by atoms with Gasteiger partial charge in [-0.25, -0.2) is 0 Å². The second-order valence-electron chi connectivity index (χ2n) is 3.27. The number of pyridine rings is 1. The largest absolute Gasteiger partial charge is 0.347 e. The highest BCUT2D eigenvalue weighted by atomic mass is 16.7. The molecule has 14 heavy (non-hydrogen) atoms. The van der Waals surface area contributed by atoms with Crippen molar-refractivity contribution in [3.63, 3.8) is 0 Å². The maximum atomic E-state index is 5.54. The Morgan fingerprint density at radius 1 is 1.43 bits per heavy atom. The summed E-state index contributed by atoms with van der Waals surface area (Å²) in [6.45, 7) is 1.35. The molecule has 1 fully saturated rings. The summed E-state index contributed by atoms with van der Waals surface area (Å²) in [7, 11) is 1.90. The molecular formula is C10H14N2O2. The van der Waals surface area contributed by atoms with Gasteiger partial charge in [0.15, 0.2) is 6.29 Å². The van der Waals surface area contributed by atoms with Crippen molar-refractivity contribution in [3.8, 4) is 0 Å². The predicted octanol–water partition coefficient (Wildman–Crippen LogP) is 0.715. The van der Waals surface area contributed by atoms with Gasteiger partial charge in [-0.15, -0.1) is 0 Å². The van der Waals surface area contributed by atoms with Crippen LogP contribution in [0.25, 0.3) is 0 Å². The Kier molecular flexibility index (Phi) is 3.08. The van der Waals surface area contributed by atoms with E-state index in [-0.39, 0.29) is 6.29 Å². The van der Waals surface area contributed by atoms with Crippen LogP contribution in [0, 0.1) is 0 Å². The van der Waals surface area contributed by atoms with Crippen LogP contribution in [-0.4, -0.2) is 31.3 Å². The molecule has 2 rings (SSSR count). The molecule has 2 heterocycles. The summed E-state index contributed by atoms with van der Waals surface area (Å²) in [6, 6.07) is 4.13. The van der Waals surface area contributed by atoms with Gasteiger partial charge in [-0.3, -0.25) is 4.98 Å². The number of aromatic nitrogens is 1. The minimum Gasteiger partial charge on any atom is -0.347 e. The summed E-state index contributed by atoms with van der Waals surface area (Å²) < 4.78 is 11.1. The smallest absolute Gasteiger partial charge is 0.185 e. The summed E-state index contributed by atoms with van der Waals surface area (Å²) in [5, 5.41) is 3.11. The normalized spacial score (nSPS) is 27.5. The number of hydrogen-bond donors (Lipinski definition) is 1. The monoisotopic (exact) mass is 194 g/mol. The molecule has 0 aliphatic carbocycles. The molecule has 1 aliphatic heterocycles. The molecule has 0 unspecified atom stereocenters. The lowest BCUT2D eigenvalue weighted by Gasteiger charge is -2.29. The van der Waals surface area contributed by atoms with Crippen molar-refractivity contribution in [1.29, 1.82) is 0 Å². The van der Waals surface area contributed by atoms with E-state index in [9.17, 15) is 0 Å². The molecule has 0 aromatic carbocycles. The van der Waals surface area contributed by atoms with E-state index < -0.39 is 0 Å². The molecule has 1 saturated heterocycles. The first kappa shape index (κ1) is 9.58. The third kappa shape index (κ3) is 2.09. The van der Waals surface area contributed by atoms with E-state index in [0.717, 1.165) is 5.56 Å². The van der Waals surface area contributed by atoms with Crippen molar-refractivity contribution in [2.45, 2.75) is 12.3 Å². The van der Waals surface area contributed by atoms with E-state index in [1.807, 2.05) is 19.2 Å². The van der Waals surface area contributed by atoms with Crippen LogP contribution in [0.2, 0.25) is 0 Å². The zero-order valence-corrected chi connectivity index (χ0v) is 8.14. The number of nitrogens with one attached hydrogen (secondary N) is 1. The van der Waals surface area contributed by atoms with E-state index in [1.165, 1.54) is 0 Å². The van der Waals surface area contributed by atoms with Crippen LogP contribution in [0.3, 0.4) is 0 Å². The lowest BCUT2D eigenvalue weighted by atomic mass is 10.2. The molecule has 1 aliphatic rings. The molecule has 0 amide bonds. The topological polar surface area (TPSA) is 43.4 Å². The van der Waals surface area contributed by atoms with E-state index >= 15 is 0 Å². The van der Waals surface area contributed by atoms with Gasteiger partial charge < -0.3 is 14.8 Å². The van der Waals surface area contributed by atoms with Gasteiger partial charge in [0.1, 0.15) is 0 Å². The fraction of sp³-hybridized carbons (Fsp3) is 0.500. The van der Waals surface area contributed by atoms with Crippen LogP contribution in [0.5, 0.6) is 0 Å². The lowest BCUT2D eigenvalue weighted by molar-refractivity contribution is -0.193. The molecule has 1 aromatic rings. The average Bonchev–Trinajstić information content (AvgIpc) is 2.30. The number of likely N-dealkylation sites (N-methyl/N-ethyl adjacent to an activating group) is 1. The van der Waals surface area contributed by atoms with Gasteiger partial charge in [0.25, 0.3) is 0 Å². The second-order valence-corrected chi connectivity index (χ2v) is 3.27. The molecular weight excluding hydrogens is 180 g/mol. The Morgan fingerprint density at radius 3 is 2.79 bits per heavy atom. The summed E-state index contributed by atoms with van der Waals surface area (Å²) in [5.74, 6) is 0. The number of nitrogens with zero attached hydrogens (tertiary/aromatic N) is 1. The Hall–Kier alpha value is -0.970. The van der Waals surface area contributed by atoms with Crippen LogP contribution in [0.15, 0.2) is 24.5 Å². The van der Waals surface area contributed by atoms with Crippen molar-refractivity contribution >= 4 is 0 Å². The summed E-state index contributed by atoms with van der Waals surface area (Å²) >= 11 is 0. The molecule has 76 valence electrons. The first-order chi connectivity index (χ1) is 6.90. The van der Waals surface area contributed by atoms with Crippen LogP contribution < -0.4 is 5.32 Å². The van der Waals surface area contributed by atoms with Gasteiger partial charge >= 0.3 is 0 Å². The van der Waals surface area contributed by atoms with Gasteiger partial charge in [-0.1, -0.05) is 6.07 Å². The molecule has 0 bridgehead atoms. The Morgan fingerprint density at radius 2 is 2.21 bits per heavy atom. The van der Waals surface area contributed by atoms with E-state index in [2.05, 4.69) is 10.3 Å². The highest BCUT2D eigenvalue weighted by Gasteiger charge is 2.22. The average molecular weight is 194 g/mol. The second kappa shape index (κ2) is 4.50. The molecule has 0 radical (unpaired) electrons. The minimum absolute atomic E-state index is 0.256. The van der Waals surface area contributed by atoms with Crippen molar-refractivity contribution in [2.75, 3.05) is 20.3 Å². The van der Waals surface area contributed by atoms with Crippen molar-refractivity contribution in [2.24, 2.45) is 0 Å². The first-order valence-electron chi connectivity index (χ1n) is 4.70. The van der Waals surface area contributed by atoms with Gasteiger partial charge in [0.2, 0.25) is 0 Å². The molecule has 0 saturated carbocycles. The Bertz CT molecular complexity index is 271. The summed E-state index contributed by atoms with van der Waals surface area (Å²) in [5.41, 5.74) is 0.974. The number of ether oxygens (including phenoxy) is 2. The van der Waals surface area contributed by atoms with Crippen LogP contribution in [0.4, 0.5) is 0 Å². The minimum atomic E-state index is -0.256. The highest BCUT2D eigenvalue weighted by Crippen LogP contribution is 2.21. The summed E-state index contributed by atoms with van der Waals surface area (Å²) in [4.78, 5) is 4.02.